The molecule has 0 aliphatic heterocycles. The van der Waals surface area contributed by atoms with Gasteiger partial charge in [-0.05, 0) is 30.9 Å². The maximum absolute atomic E-state index is 11.6. The maximum Gasteiger partial charge on any atom is 0.223 e. The number of Topliss-reactive ketones (excluding diaryl/α,β-unsaturated/α-hetero) is 1. The number of carbonyl (C=O) groups excluding carboxylic acids is 1. The van der Waals surface area contributed by atoms with Gasteiger partial charge in [-0.3, -0.25) is 4.79 Å². The average molecular weight is 439 g/mol. The van der Waals surface area contributed by atoms with Gasteiger partial charge in [0.2, 0.25) is 5.88 Å². The second-order valence-corrected chi connectivity index (χ2v) is 7.63. The number of carbonyl (C=O) groups is 1. The highest BCUT2D eigenvalue weighted by molar-refractivity contribution is 6.36. The van der Waals surface area contributed by atoms with Gasteiger partial charge >= 0.3 is 0 Å². The Hall–Kier alpha value is -3.26. The predicted octanol–water partition coefficient (Wildman–Crippen LogP) is 4.87. The molecule has 4 aromatic rings. The van der Waals surface area contributed by atoms with E-state index in [0.717, 1.165) is 22.0 Å². The van der Waals surface area contributed by atoms with E-state index in [1.807, 2.05) is 38.1 Å². The summed E-state index contributed by atoms with van der Waals surface area (Å²) in [6, 6.07) is 7.50. The molecule has 0 saturated carbocycles. The first-order chi connectivity index (χ1) is 15.1. The zero-order chi connectivity index (χ0) is 21.8. The standard InChI is InChI=1S/C22H23ClN6O2/c1-3-15(30)7-5-9-31-22-18-14(6-4-8-16(18)23)10-17(29-22)13(2)28-21-19-20(25-11-24-19)26-12-27-21/h4,6,8,10-13H,3,5,7,9H2,1-2H3,(H2,24,25,26,27,28)/t13-/m0/s1. The number of hydrogen-bond donors (Lipinski definition) is 2. The van der Waals surface area contributed by atoms with Gasteiger partial charge in [0.15, 0.2) is 11.5 Å². The number of rotatable bonds is 9. The van der Waals surface area contributed by atoms with Crippen LogP contribution in [0.4, 0.5) is 5.82 Å². The summed E-state index contributed by atoms with van der Waals surface area (Å²) in [6.45, 7) is 4.25. The van der Waals surface area contributed by atoms with Crippen LogP contribution < -0.4 is 10.1 Å². The Morgan fingerprint density at radius 2 is 2.16 bits per heavy atom. The van der Waals surface area contributed by atoms with Crippen LogP contribution in [-0.4, -0.2) is 37.3 Å². The van der Waals surface area contributed by atoms with E-state index in [9.17, 15) is 4.79 Å². The normalized spacial score (nSPS) is 12.2. The van der Waals surface area contributed by atoms with Crippen molar-refractivity contribution in [2.24, 2.45) is 0 Å². The molecule has 0 aliphatic rings. The molecule has 160 valence electrons. The average Bonchev–Trinajstić information content (AvgIpc) is 3.26. The molecule has 0 saturated heterocycles. The van der Waals surface area contributed by atoms with Gasteiger partial charge in [-0.1, -0.05) is 30.7 Å². The highest BCUT2D eigenvalue weighted by atomic mass is 35.5. The molecule has 31 heavy (non-hydrogen) atoms. The third-order valence-electron chi connectivity index (χ3n) is 5.05. The Morgan fingerprint density at radius 3 is 3.00 bits per heavy atom. The van der Waals surface area contributed by atoms with E-state index < -0.39 is 0 Å². The van der Waals surface area contributed by atoms with Crippen molar-refractivity contribution in [1.82, 2.24) is 24.9 Å². The van der Waals surface area contributed by atoms with Gasteiger partial charge in [0.05, 0.1) is 35.1 Å². The summed E-state index contributed by atoms with van der Waals surface area (Å²) in [5, 5.41) is 5.64. The van der Waals surface area contributed by atoms with E-state index in [1.165, 1.54) is 6.33 Å². The molecule has 0 radical (unpaired) electrons. The Balaban J connectivity index is 1.61. The van der Waals surface area contributed by atoms with Crippen LogP contribution in [-0.2, 0) is 4.79 Å². The van der Waals surface area contributed by atoms with E-state index >= 15 is 0 Å². The van der Waals surface area contributed by atoms with Crippen molar-refractivity contribution < 1.29 is 9.53 Å². The number of anilines is 1. The topological polar surface area (TPSA) is 106 Å². The number of aromatic amines is 1. The fourth-order valence-electron chi connectivity index (χ4n) is 3.35. The lowest BCUT2D eigenvalue weighted by Crippen LogP contribution is -2.12. The molecule has 1 aromatic carbocycles. The summed E-state index contributed by atoms with van der Waals surface area (Å²) in [4.78, 5) is 32.0. The number of pyridine rings is 1. The number of halogens is 1. The second kappa shape index (κ2) is 9.26. The van der Waals surface area contributed by atoms with Crippen molar-refractivity contribution in [3.05, 3.63) is 47.6 Å². The van der Waals surface area contributed by atoms with Gasteiger partial charge in [-0.2, -0.15) is 0 Å². The van der Waals surface area contributed by atoms with Crippen molar-refractivity contribution in [3.8, 4) is 5.88 Å². The molecule has 3 aromatic heterocycles. The molecule has 8 nitrogen and oxygen atoms in total. The first kappa shape index (κ1) is 21.0. The van der Waals surface area contributed by atoms with Gasteiger partial charge < -0.3 is 15.0 Å². The Morgan fingerprint density at radius 1 is 1.29 bits per heavy atom. The predicted molar refractivity (Wildman–Crippen MR) is 121 cm³/mol. The zero-order valence-corrected chi connectivity index (χ0v) is 18.1. The van der Waals surface area contributed by atoms with Crippen LogP contribution in [0.15, 0.2) is 36.9 Å². The number of imidazole rings is 1. The number of ketones is 1. The third-order valence-corrected chi connectivity index (χ3v) is 5.36. The lowest BCUT2D eigenvalue weighted by Gasteiger charge is -2.17. The van der Waals surface area contributed by atoms with Crippen LogP contribution in [0.5, 0.6) is 5.88 Å². The highest BCUT2D eigenvalue weighted by Crippen LogP contribution is 2.33. The van der Waals surface area contributed by atoms with E-state index in [2.05, 4.69) is 25.3 Å². The molecule has 0 amide bonds. The first-order valence-electron chi connectivity index (χ1n) is 10.2. The zero-order valence-electron chi connectivity index (χ0n) is 17.4. The van der Waals surface area contributed by atoms with Crippen LogP contribution in [0, 0.1) is 0 Å². The molecular weight excluding hydrogens is 416 g/mol. The minimum atomic E-state index is -0.172. The number of aromatic nitrogens is 5. The van der Waals surface area contributed by atoms with Gasteiger partial charge in [0.25, 0.3) is 0 Å². The summed E-state index contributed by atoms with van der Waals surface area (Å²) >= 11 is 6.44. The summed E-state index contributed by atoms with van der Waals surface area (Å²) in [7, 11) is 0. The molecule has 0 unspecified atom stereocenters. The summed E-state index contributed by atoms with van der Waals surface area (Å²) < 4.78 is 5.98. The second-order valence-electron chi connectivity index (χ2n) is 7.22. The van der Waals surface area contributed by atoms with Crippen LogP contribution in [0.2, 0.25) is 5.02 Å². The number of nitrogens with zero attached hydrogens (tertiary/aromatic N) is 4. The van der Waals surface area contributed by atoms with E-state index in [0.29, 0.717) is 48.2 Å². The van der Waals surface area contributed by atoms with Crippen molar-refractivity contribution in [3.63, 3.8) is 0 Å². The van der Waals surface area contributed by atoms with Crippen LogP contribution in [0.3, 0.4) is 0 Å². The molecule has 0 bridgehead atoms. The van der Waals surface area contributed by atoms with Crippen molar-refractivity contribution in [2.45, 2.75) is 39.2 Å². The van der Waals surface area contributed by atoms with Gasteiger partial charge in [-0.25, -0.2) is 19.9 Å². The molecule has 0 spiro atoms. The fraction of sp³-hybridized carbons (Fsp3) is 0.318. The van der Waals surface area contributed by atoms with Crippen LogP contribution in [0.25, 0.3) is 21.9 Å². The molecule has 4 rings (SSSR count). The van der Waals surface area contributed by atoms with Gasteiger partial charge in [-0.15, -0.1) is 0 Å². The SMILES string of the molecule is CCC(=O)CCCOc1nc([C@H](C)Nc2ncnc3nc[nH]c23)cc2cccc(Cl)c12. The minimum Gasteiger partial charge on any atom is -0.477 e. The van der Waals surface area contributed by atoms with Crippen LogP contribution >= 0.6 is 11.6 Å². The molecule has 2 N–H and O–H groups in total. The van der Waals surface area contributed by atoms with E-state index in [1.54, 1.807) is 6.33 Å². The van der Waals surface area contributed by atoms with Crippen molar-refractivity contribution in [2.75, 3.05) is 11.9 Å². The van der Waals surface area contributed by atoms with Gasteiger partial charge in [0, 0.05) is 12.8 Å². The Labute approximate surface area is 184 Å². The monoisotopic (exact) mass is 438 g/mol. The summed E-state index contributed by atoms with van der Waals surface area (Å²) in [6.07, 6.45) is 4.72. The first-order valence-corrected chi connectivity index (χ1v) is 10.6. The third kappa shape index (κ3) is 4.59. The quantitative estimate of drug-likeness (QED) is 0.359. The van der Waals surface area contributed by atoms with Crippen molar-refractivity contribution >= 4 is 45.1 Å². The lowest BCUT2D eigenvalue weighted by molar-refractivity contribution is -0.118. The van der Waals surface area contributed by atoms with E-state index in [4.69, 9.17) is 21.3 Å². The molecule has 0 fully saturated rings. The highest BCUT2D eigenvalue weighted by Gasteiger charge is 2.16. The number of fused-ring (bicyclic) bond motifs is 2. The number of ether oxygens (including phenoxy) is 1. The van der Waals surface area contributed by atoms with Crippen LogP contribution in [0.1, 0.15) is 44.8 Å². The maximum atomic E-state index is 11.6. The summed E-state index contributed by atoms with van der Waals surface area (Å²) in [5.74, 6) is 1.33. The molecule has 0 aliphatic carbocycles. The Bertz CT molecular complexity index is 1230. The molecular formula is C22H23ClN6O2. The largest absolute Gasteiger partial charge is 0.477 e. The smallest absolute Gasteiger partial charge is 0.223 e. The number of nitrogens with one attached hydrogen (secondary N) is 2. The van der Waals surface area contributed by atoms with E-state index in [-0.39, 0.29) is 11.8 Å². The number of hydrogen-bond acceptors (Lipinski definition) is 7. The lowest BCUT2D eigenvalue weighted by atomic mass is 10.1. The number of benzene rings is 1. The van der Waals surface area contributed by atoms with Crippen molar-refractivity contribution in [1.29, 1.82) is 0 Å². The molecule has 9 heteroatoms. The molecule has 3 heterocycles. The minimum absolute atomic E-state index is 0.172. The van der Waals surface area contributed by atoms with Gasteiger partial charge in [0.1, 0.15) is 17.6 Å². The number of H-pyrrole nitrogens is 1. The fourth-order valence-corrected chi connectivity index (χ4v) is 3.61. The summed E-state index contributed by atoms with van der Waals surface area (Å²) in [5.41, 5.74) is 2.10. The molecule has 1 atom stereocenters. The Kier molecular flexibility index (Phi) is 6.27.